The van der Waals surface area contributed by atoms with Crippen LogP contribution in [0.2, 0.25) is 0 Å². The Morgan fingerprint density at radius 1 is 1.42 bits per heavy atom. The van der Waals surface area contributed by atoms with E-state index in [9.17, 15) is 9.90 Å². The van der Waals surface area contributed by atoms with Gasteiger partial charge in [0.05, 0.1) is 23.0 Å². The number of hydrogen-bond acceptors (Lipinski definition) is 4. The first-order valence-electron chi connectivity index (χ1n) is 6.48. The molecule has 0 saturated carbocycles. The number of fused-ring (bicyclic) bond motifs is 1. The molecule has 1 amide bonds. The molecule has 0 aromatic heterocycles. The minimum atomic E-state index is -0.530. The number of nitrogens with two attached hydrogens (primary N) is 1. The summed E-state index contributed by atoms with van der Waals surface area (Å²) in [5, 5.41) is 15.8. The second kappa shape index (κ2) is 4.74. The predicted octanol–water partition coefficient (Wildman–Crippen LogP) is 1.72. The Hall–Kier alpha value is -1.75. The summed E-state index contributed by atoms with van der Waals surface area (Å²) in [5.74, 6) is 0.0259. The van der Waals surface area contributed by atoms with Gasteiger partial charge >= 0.3 is 0 Å². The van der Waals surface area contributed by atoms with Crippen molar-refractivity contribution in [3.8, 4) is 0 Å². The topological polar surface area (TPSA) is 87.4 Å². The van der Waals surface area contributed by atoms with Crippen LogP contribution in [0, 0.1) is 0 Å². The smallest absolute Gasteiger partial charge is 0.224 e. The number of aryl methyl sites for hydroxylation is 1. The third-order valence-electron chi connectivity index (χ3n) is 3.67. The van der Waals surface area contributed by atoms with Crippen LogP contribution in [0.4, 0.5) is 17.1 Å². The highest BCUT2D eigenvalue weighted by Gasteiger charge is 2.25. The number of carbonyl (C=O) groups is 1. The van der Waals surface area contributed by atoms with Gasteiger partial charge < -0.3 is 21.5 Å². The predicted molar refractivity (Wildman–Crippen MR) is 77.2 cm³/mol. The molecule has 1 aliphatic rings. The molecule has 19 heavy (non-hydrogen) atoms. The fourth-order valence-corrected chi connectivity index (χ4v) is 2.01. The van der Waals surface area contributed by atoms with Crippen molar-refractivity contribution >= 4 is 23.0 Å². The Bertz CT molecular complexity index is 510. The van der Waals surface area contributed by atoms with Gasteiger partial charge in [-0.15, -0.1) is 0 Å². The number of nitrogen functional groups attached to an aromatic ring is 1. The Morgan fingerprint density at radius 3 is 2.74 bits per heavy atom. The van der Waals surface area contributed by atoms with E-state index in [0.717, 1.165) is 16.9 Å². The lowest BCUT2D eigenvalue weighted by atomic mass is 9.96. The highest BCUT2D eigenvalue weighted by Crippen LogP contribution is 2.33. The Labute approximate surface area is 113 Å². The summed E-state index contributed by atoms with van der Waals surface area (Å²) in [7, 11) is 0. The van der Waals surface area contributed by atoms with Crippen LogP contribution in [0.5, 0.6) is 0 Å². The maximum Gasteiger partial charge on any atom is 0.224 e. The molecule has 1 heterocycles. The molecule has 0 bridgehead atoms. The molecule has 104 valence electrons. The molecule has 0 aliphatic carbocycles. The number of amides is 1. The maximum atomic E-state index is 11.4. The van der Waals surface area contributed by atoms with E-state index in [2.05, 4.69) is 10.6 Å². The van der Waals surface area contributed by atoms with Gasteiger partial charge in [-0.05, 0) is 44.9 Å². The molecular weight excluding hydrogens is 242 g/mol. The summed E-state index contributed by atoms with van der Waals surface area (Å²) in [5.41, 5.74) is 8.74. The molecule has 5 heteroatoms. The van der Waals surface area contributed by atoms with Crippen LogP contribution in [0.15, 0.2) is 12.1 Å². The molecule has 5 N–H and O–H groups in total. The molecular formula is C14H21N3O2. The number of anilines is 3. The zero-order chi connectivity index (χ0) is 14.2. The van der Waals surface area contributed by atoms with Crippen molar-refractivity contribution in [3.05, 3.63) is 17.7 Å². The van der Waals surface area contributed by atoms with Crippen molar-refractivity contribution in [2.45, 2.75) is 45.3 Å². The fourth-order valence-electron chi connectivity index (χ4n) is 2.01. The maximum absolute atomic E-state index is 11.4. The van der Waals surface area contributed by atoms with Crippen LogP contribution in [0.3, 0.4) is 0 Å². The number of nitrogens with one attached hydrogen (secondary N) is 2. The van der Waals surface area contributed by atoms with E-state index in [1.54, 1.807) is 6.92 Å². The molecule has 1 unspecified atom stereocenters. The standard InChI is InChI=1S/C14H21N3O2/c1-8(18)14(2,3)17-12-7-11-9(6-10(12)15)4-5-13(19)16-11/h6-8,17-18H,4-5,15H2,1-3H3,(H,16,19). The molecule has 0 spiro atoms. The van der Waals surface area contributed by atoms with Crippen molar-refractivity contribution in [3.63, 3.8) is 0 Å². The van der Waals surface area contributed by atoms with Gasteiger partial charge in [0.1, 0.15) is 0 Å². The molecule has 0 fully saturated rings. The van der Waals surface area contributed by atoms with Gasteiger partial charge in [-0.1, -0.05) is 0 Å². The average Bonchev–Trinajstić information content (AvgIpc) is 2.30. The van der Waals surface area contributed by atoms with E-state index < -0.39 is 11.6 Å². The molecule has 0 radical (unpaired) electrons. The number of hydrogen-bond donors (Lipinski definition) is 4. The van der Waals surface area contributed by atoms with E-state index in [4.69, 9.17) is 5.73 Å². The summed E-state index contributed by atoms with van der Waals surface area (Å²) in [6, 6.07) is 3.72. The first kappa shape index (κ1) is 13.7. The lowest BCUT2D eigenvalue weighted by Gasteiger charge is -2.32. The van der Waals surface area contributed by atoms with E-state index in [1.807, 2.05) is 26.0 Å². The number of aliphatic hydroxyl groups excluding tert-OH is 1. The SMILES string of the molecule is CC(O)C(C)(C)Nc1cc2c(cc1N)CCC(=O)N2. The van der Waals surface area contributed by atoms with Crippen molar-refractivity contribution in [2.24, 2.45) is 0 Å². The quantitative estimate of drug-likeness (QED) is 0.625. The highest BCUT2D eigenvalue weighted by atomic mass is 16.3. The van der Waals surface area contributed by atoms with Gasteiger partial charge in [0.25, 0.3) is 0 Å². The highest BCUT2D eigenvalue weighted by molar-refractivity contribution is 5.95. The van der Waals surface area contributed by atoms with Gasteiger partial charge in [0.15, 0.2) is 0 Å². The summed E-state index contributed by atoms with van der Waals surface area (Å²) < 4.78 is 0. The van der Waals surface area contributed by atoms with Crippen LogP contribution in [0.1, 0.15) is 32.8 Å². The third kappa shape index (κ3) is 2.81. The summed E-state index contributed by atoms with van der Waals surface area (Å²) in [6.07, 6.45) is 0.682. The van der Waals surface area contributed by atoms with Gasteiger partial charge in [0, 0.05) is 12.1 Å². The van der Waals surface area contributed by atoms with Gasteiger partial charge in [-0.25, -0.2) is 0 Å². The average molecular weight is 263 g/mol. The van der Waals surface area contributed by atoms with Gasteiger partial charge in [-0.3, -0.25) is 4.79 Å². The zero-order valence-electron chi connectivity index (χ0n) is 11.6. The normalized spacial score (nSPS) is 16.5. The molecule has 1 atom stereocenters. The van der Waals surface area contributed by atoms with E-state index >= 15 is 0 Å². The molecule has 1 aromatic rings. The first-order chi connectivity index (χ1) is 8.79. The largest absolute Gasteiger partial charge is 0.397 e. The van der Waals surface area contributed by atoms with Crippen LogP contribution < -0.4 is 16.4 Å². The lowest BCUT2D eigenvalue weighted by molar-refractivity contribution is -0.116. The van der Waals surface area contributed by atoms with Crippen molar-refractivity contribution in [2.75, 3.05) is 16.4 Å². The van der Waals surface area contributed by atoms with Gasteiger partial charge in [-0.2, -0.15) is 0 Å². The Morgan fingerprint density at radius 2 is 2.11 bits per heavy atom. The van der Waals surface area contributed by atoms with Crippen LogP contribution in [-0.4, -0.2) is 22.7 Å². The molecule has 5 nitrogen and oxygen atoms in total. The van der Waals surface area contributed by atoms with Crippen molar-refractivity contribution < 1.29 is 9.90 Å². The van der Waals surface area contributed by atoms with Crippen LogP contribution in [0.25, 0.3) is 0 Å². The molecule has 0 saturated heterocycles. The first-order valence-corrected chi connectivity index (χ1v) is 6.48. The number of aliphatic hydroxyl groups is 1. The summed E-state index contributed by atoms with van der Waals surface area (Å²) in [6.45, 7) is 5.52. The molecule has 1 aromatic carbocycles. The summed E-state index contributed by atoms with van der Waals surface area (Å²) in [4.78, 5) is 11.4. The molecule has 1 aliphatic heterocycles. The van der Waals surface area contributed by atoms with E-state index in [-0.39, 0.29) is 5.91 Å². The van der Waals surface area contributed by atoms with Crippen LogP contribution >= 0.6 is 0 Å². The number of benzene rings is 1. The second-order valence-corrected chi connectivity index (χ2v) is 5.67. The second-order valence-electron chi connectivity index (χ2n) is 5.67. The molecule has 2 rings (SSSR count). The van der Waals surface area contributed by atoms with E-state index in [0.29, 0.717) is 18.5 Å². The van der Waals surface area contributed by atoms with Crippen molar-refractivity contribution in [1.82, 2.24) is 0 Å². The Kier molecular flexibility index (Phi) is 3.41. The third-order valence-corrected chi connectivity index (χ3v) is 3.67. The lowest BCUT2D eigenvalue weighted by Crippen LogP contribution is -2.42. The monoisotopic (exact) mass is 263 g/mol. The summed E-state index contributed by atoms with van der Waals surface area (Å²) >= 11 is 0. The van der Waals surface area contributed by atoms with Crippen molar-refractivity contribution in [1.29, 1.82) is 0 Å². The minimum absolute atomic E-state index is 0.0259. The minimum Gasteiger partial charge on any atom is -0.397 e. The number of carbonyl (C=O) groups excluding carboxylic acids is 1. The fraction of sp³-hybridized carbons (Fsp3) is 0.500. The van der Waals surface area contributed by atoms with E-state index in [1.165, 1.54) is 0 Å². The number of rotatable bonds is 3. The zero-order valence-corrected chi connectivity index (χ0v) is 11.6. The van der Waals surface area contributed by atoms with Crippen LogP contribution in [-0.2, 0) is 11.2 Å². The Balaban J connectivity index is 2.32. The van der Waals surface area contributed by atoms with Gasteiger partial charge in [0.2, 0.25) is 5.91 Å².